The molecule has 0 radical (unpaired) electrons. The number of carbonyl (C=O) groups excluding carboxylic acids is 2. The van der Waals surface area contributed by atoms with Crippen LogP contribution in [0.1, 0.15) is 23.2 Å². The van der Waals surface area contributed by atoms with Gasteiger partial charge < -0.3 is 4.84 Å². The van der Waals surface area contributed by atoms with Gasteiger partial charge in [-0.15, -0.1) is 0 Å². The summed E-state index contributed by atoms with van der Waals surface area (Å²) in [5.41, 5.74) is 1.07. The topological polar surface area (TPSA) is 55.7 Å². The summed E-state index contributed by atoms with van der Waals surface area (Å²) in [5, 5.41) is 4.64. The number of rotatable bonds is 2. The molecular weight excluding hydrogens is 326 g/mol. The molecule has 122 valence electrons. The molecule has 0 N–H and O–H groups in total. The molecule has 4 unspecified atom stereocenters. The number of hydrogen-bond acceptors (Lipinski definition) is 4. The van der Waals surface area contributed by atoms with Gasteiger partial charge in [0.1, 0.15) is 0 Å². The Labute approximate surface area is 144 Å². The fourth-order valence-corrected chi connectivity index (χ4v) is 4.13. The van der Waals surface area contributed by atoms with Crippen molar-refractivity contribution in [2.24, 2.45) is 28.8 Å². The van der Waals surface area contributed by atoms with E-state index < -0.39 is 5.97 Å². The molecule has 1 fully saturated rings. The van der Waals surface area contributed by atoms with Crippen LogP contribution in [0.2, 0.25) is 5.02 Å². The molecule has 4 aliphatic carbocycles. The Morgan fingerprint density at radius 1 is 1.04 bits per heavy atom. The Morgan fingerprint density at radius 2 is 1.71 bits per heavy atom. The van der Waals surface area contributed by atoms with Gasteiger partial charge in [-0.3, -0.25) is 4.79 Å². The van der Waals surface area contributed by atoms with E-state index in [-0.39, 0.29) is 23.5 Å². The molecule has 4 aliphatic rings. The number of nitrogens with zero attached hydrogens (tertiary/aromatic N) is 1. The quantitative estimate of drug-likeness (QED) is 0.467. The maximum Gasteiger partial charge on any atom is 0.365 e. The molecule has 1 aromatic carbocycles. The van der Waals surface area contributed by atoms with Crippen molar-refractivity contribution >= 4 is 29.1 Å². The molecule has 4 nitrogen and oxygen atoms in total. The van der Waals surface area contributed by atoms with Gasteiger partial charge in [0.05, 0.1) is 11.3 Å². The third kappa shape index (κ3) is 2.61. The number of oxime groups is 1. The van der Waals surface area contributed by atoms with Gasteiger partial charge in [-0.1, -0.05) is 28.9 Å². The molecule has 2 bridgehead atoms. The maximum atomic E-state index is 12.3. The van der Waals surface area contributed by atoms with Crippen LogP contribution in [-0.4, -0.2) is 17.5 Å². The summed E-state index contributed by atoms with van der Waals surface area (Å²) in [7, 11) is 0. The number of carbonyl (C=O) groups is 2. The lowest BCUT2D eigenvalue weighted by Gasteiger charge is -2.45. The first-order chi connectivity index (χ1) is 11.6. The highest BCUT2D eigenvalue weighted by Gasteiger charge is 2.47. The van der Waals surface area contributed by atoms with E-state index in [1.807, 2.05) is 0 Å². The Morgan fingerprint density at radius 3 is 2.38 bits per heavy atom. The summed E-state index contributed by atoms with van der Waals surface area (Å²) in [6.45, 7) is 0. The molecule has 0 heterocycles. The molecule has 0 spiro atoms. The van der Waals surface area contributed by atoms with Crippen molar-refractivity contribution in [3.8, 4) is 0 Å². The van der Waals surface area contributed by atoms with E-state index in [0.29, 0.717) is 22.2 Å². The SMILES string of the molecule is O=C(ON=C1C=CC(=O)C2C3C=CC(CC3)C12)c1ccc(Cl)cc1. The molecule has 0 amide bonds. The van der Waals surface area contributed by atoms with Crippen LogP contribution in [0.4, 0.5) is 0 Å². The van der Waals surface area contributed by atoms with Gasteiger partial charge in [0.25, 0.3) is 0 Å². The summed E-state index contributed by atoms with van der Waals surface area (Å²) >= 11 is 5.81. The zero-order valence-corrected chi connectivity index (χ0v) is 13.6. The van der Waals surface area contributed by atoms with Crippen molar-refractivity contribution in [3.05, 3.63) is 59.2 Å². The first-order valence-electron chi connectivity index (χ1n) is 8.08. The van der Waals surface area contributed by atoms with Gasteiger partial charge in [0.2, 0.25) is 0 Å². The fraction of sp³-hybridized carbons (Fsp3) is 0.316. The summed E-state index contributed by atoms with van der Waals surface area (Å²) in [5.74, 6) is 0.145. The second kappa shape index (κ2) is 6.02. The highest BCUT2D eigenvalue weighted by molar-refractivity contribution is 6.30. The van der Waals surface area contributed by atoms with Crippen molar-refractivity contribution in [1.82, 2.24) is 0 Å². The monoisotopic (exact) mass is 341 g/mol. The smallest absolute Gasteiger partial charge is 0.313 e. The molecule has 0 aliphatic heterocycles. The molecule has 24 heavy (non-hydrogen) atoms. The van der Waals surface area contributed by atoms with Gasteiger partial charge >= 0.3 is 5.97 Å². The van der Waals surface area contributed by atoms with Crippen molar-refractivity contribution in [3.63, 3.8) is 0 Å². The van der Waals surface area contributed by atoms with E-state index >= 15 is 0 Å². The Bertz CT molecular complexity index is 778. The predicted molar refractivity (Wildman–Crippen MR) is 90.8 cm³/mol. The normalized spacial score (nSPS) is 32.0. The molecule has 1 saturated carbocycles. The fourth-order valence-electron chi connectivity index (χ4n) is 4.00. The first kappa shape index (κ1) is 15.3. The van der Waals surface area contributed by atoms with Gasteiger partial charge in [-0.2, -0.15) is 0 Å². The largest absolute Gasteiger partial charge is 0.365 e. The van der Waals surface area contributed by atoms with Gasteiger partial charge in [0.15, 0.2) is 5.78 Å². The lowest BCUT2D eigenvalue weighted by Crippen LogP contribution is -2.46. The molecule has 0 aromatic heterocycles. The van der Waals surface area contributed by atoms with E-state index in [0.717, 1.165) is 12.8 Å². The van der Waals surface area contributed by atoms with Crippen LogP contribution in [0.15, 0.2) is 53.7 Å². The Hall–Kier alpha value is -2.20. The van der Waals surface area contributed by atoms with E-state index in [1.165, 1.54) is 0 Å². The average Bonchev–Trinajstić information content (AvgIpc) is 2.62. The van der Waals surface area contributed by atoms with E-state index in [9.17, 15) is 9.59 Å². The van der Waals surface area contributed by atoms with Crippen LogP contribution in [-0.2, 0) is 9.63 Å². The highest BCUT2D eigenvalue weighted by atomic mass is 35.5. The zero-order valence-electron chi connectivity index (χ0n) is 12.9. The van der Waals surface area contributed by atoms with Crippen LogP contribution in [0.5, 0.6) is 0 Å². The third-order valence-corrected chi connectivity index (χ3v) is 5.40. The molecule has 4 atom stereocenters. The number of halogens is 1. The predicted octanol–water partition coefficient (Wildman–Crippen LogP) is 3.82. The number of allylic oxidation sites excluding steroid dienone is 4. The molecule has 5 rings (SSSR count). The van der Waals surface area contributed by atoms with Crippen LogP contribution in [0.3, 0.4) is 0 Å². The van der Waals surface area contributed by atoms with Crippen LogP contribution in [0, 0.1) is 23.7 Å². The van der Waals surface area contributed by atoms with E-state index in [4.69, 9.17) is 16.4 Å². The maximum absolute atomic E-state index is 12.3. The van der Waals surface area contributed by atoms with Gasteiger partial charge in [-0.25, -0.2) is 4.79 Å². The number of fused-ring (bicyclic) bond motifs is 1. The Balaban J connectivity index is 1.57. The standard InChI is InChI=1S/C19H16ClNO3/c20-14-7-5-13(6-8-14)19(23)24-21-15-9-10-16(22)18-12-3-1-11(2-4-12)17(15)18/h1,3,5-12,17-18H,2,4H2. The molecule has 0 saturated heterocycles. The van der Waals surface area contributed by atoms with Crippen LogP contribution < -0.4 is 0 Å². The van der Waals surface area contributed by atoms with Crippen molar-refractivity contribution < 1.29 is 14.4 Å². The second-order valence-electron chi connectivity index (χ2n) is 6.48. The Kier molecular flexibility index (Phi) is 3.85. The molecule has 1 aromatic rings. The average molecular weight is 342 g/mol. The molecular formula is C19H16ClNO3. The van der Waals surface area contributed by atoms with E-state index in [1.54, 1.807) is 36.4 Å². The molecule has 5 heteroatoms. The zero-order chi connectivity index (χ0) is 16.7. The third-order valence-electron chi connectivity index (χ3n) is 5.15. The number of hydrogen-bond donors (Lipinski definition) is 0. The van der Waals surface area contributed by atoms with Crippen LogP contribution >= 0.6 is 11.6 Å². The van der Waals surface area contributed by atoms with Crippen molar-refractivity contribution in [2.45, 2.75) is 12.8 Å². The lowest BCUT2D eigenvalue weighted by atomic mass is 9.58. The van der Waals surface area contributed by atoms with Crippen LogP contribution in [0.25, 0.3) is 0 Å². The van der Waals surface area contributed by atoms with Gasteiger partial charge in [0, 0.05) is 16.9 Å². The van der Waals surface area contributed by atoms with Crippen molar-refractivity contribution in [2.75, 3.05) is 0 Å². The lowest BCUT2D eigenvalue weighted by molar-refractivity contribution is -0.122. The van der Waals surface area contributed by atoms with E-state index in [2.05, 4.69) is 17.3 Å². The number of ketones is 1. The highest BCUT2D eigenvalue weighted by Crippen LogP contribution is 2.47. The minimum absolute atomic E-state index is 0.0178. The summed E-state index contributed by atoms with van der Waals surface area (Å²) in [6.07, 6.45) is 9.67. The van der Waals surface area contributed by atoms with Gasteiger partial charge in [-0.05, 0) is 61.1 Å². The number of benzene rings is 1. The van der Waals surface area contributed by atoms with Crippen molar-refractivity contribution in [1.29, 1.82) is 0 Å². The first-order valence-corrected chi connectivity index (χ1v) is 8.46. The second-order valence-corrected chi connectivity index (χ2v) is 6.92. The summed E-state index contributed by atoms with van der Waals surface area (Å²) in [4.78, 5) is 29.5. The summed E-state index contributed by atoms with van der Waals surface area (Å²) < 4.78 is 0. The summed E-state index contributed by atoms with van der Waals surface area (Å²) in [6, 6.07) is 6.45. The minimum Gasteiger partial charge on any atom is -0.313 e. The minimum atomic E-state index is -0.530.